The van der Waals surface area contributed by atoms with Crippen molar-refractivity contribution < 1.29 is 18.9 Å². The summed E-state index contributed by atoms with van der Waals surface area (Å²) in [6.45, 7) is 1.23. The van der Waals surface area contributed by atoms with E-state index in [-0.39, 0.29) is 11.5 Å². The zero-order chi connectivity index (χ0) is 14.4. The van der Waals surface area contributed by atoms with Gasteiger partial charge in [-0.3, -0.25) is 9.00 Å². The monoisotopic (exact) mass is 347 g/mol. The van der Waals surface area contributed by atoms with Gasteiger partial charge in [0.15, 0.2) is 0 Å². The van der Waals surface area contributed by atoms with Gasteiger partial charge < -0.3 is 10.4 Å². The average Bonchev–Trinajstić information content (AvgIpc) is 2.30. The lowest BCUT2D eigenvalue weighted by molar-refractivity contribution is -0.140. The van der Waals surface area contributed by atoms with Crippen LogP contribution in [0, 0.1) is 0 Å². The van der Waals surface area contributed by atoms with Crippen molar-refractivity contribution in [2.45, 2.75) is 18.7 Å². The number of hydrogen-bond donors (Lipinski definition) is 2. The van der Waals surface area contributed by atoms with Crippen molar-refractivity contribution in [3.05, 3.63) is 34.3 Å². The summed E-state index contributed by atoms with van der Waals surface area (Å²) in [5, 5.41) is 11.2. The molecule has 1 amide bonds. The maximum absolute atomic E-state index is 11.9. The molecule has 1 unspecified atom stereocenters. The minimum atomic E-state index is -1.37. The maximum Gasteiger partial charge on any atom is 0.327 e. The SMILES string of the molecule is CC(=O)N[C@@H](CS(=O)Cc1ccccc1Br)C(=O)O. The van der Waals surface area contributed by atoms with Gasteiger partial charge in [-0.05, 0) is 11.6 Å². The van der Waals surface area contributed by atoms with Crippen LogP contribution in [-0.2, 0) is 26.1 Å². The normalized spacial score (nSPS) is 13.6. The summed E-state index contributed by atoms with van der Waals surface area (Å²) in [7, 11) is -1.37. The Morgan fingerprint density at radius 1 is 1.42 bits per heavy atom. The van der Waals surface area contributed by atoms with Gasteiger partial charge in [0, 0.05) is 27.9 Å². The number of carbonyl (C=O) groups excluding carboxylic acids is 1. The quantitative estimate of drug-likeness (QED) is 0.812. The summed E-state index contributed by atoms with van der Waals surface area (Å²) in [5.41, 5.74) is 0.841. The first-order valence-corrected chi connectivity index (χ1v) is 7.76. The minimum absolute atomic E-state index is 0.115. The first-order valence-electron chi connectivity index (χ1n) is 5.48. The average molecular weight is 348 g/mol. The first kappa shape index (κ1) is 15.8. The minimum Gasteiger partial charge on any atom is -0.480 e. The van der Waals surface area contributed by atoms with Crippen molar-refractivity contribution in [3.8, 4) is 0 Å². The fraction of sp³-hybridized carbons (Fsp3) is 0.333. The number of nitrogens with one attached hydrogen (secondary N) is 1. The van der Waals surface area contributed by atoms with Gasteiger partial charge in [-0.1, -0.05) is 34.1 Å². The van der Waals surface area contributed by atoms with Gasteiger partial charge in [-0.2, -0.15) is 0 Å². The predicted molar refractivity (Wildman–Crippen MR) is 76.1 cm³/mol. The molecule has 0 heterocycles. The summed E-state index contributed by atoms with van der Waals surface area (Å²) >= 11 is 3.34. The van der Waals surface area contributed by atoms with E-state index in [2.05, 4.69) is 21.2 Å². The van der Waals surface area contributed by atoms with E-state index < -0.39 is 28.7 Å². The lowest BCUT2D eigenvalue weighted by atomic mass is 10.2. The van der Waals surface area contributed by atoms with Crippen LogP contribution in [0.3, 0.4) is 0 Å². The number of carboxylic acid groups (broad SMARTS) is 1. The number of carbonyl (C=O) groups is 2. The Labute approximate surface area is 122 Å². The zero-order valence-electron chi connectivity index (χ0n) is 10.3. The van der Waals surface area contributed by atoms with Crippen LogP contribution in [0.1, 0.15) is 12.5 Å². The Bertz CT molecular complexity index is 506. The molecule has 0 aliphatic rings. The molecule has 7 heteroatoms. The number of aliphatic carboxylic acids is 1. The highest BCUT2D eigenvalue weighted by molar-refractivity contribution is 9.10. The highest BCUT2D eigenvalue weighted by Crippen LogP contribution is 2.17. The van der Waals surface area contributed by atoms with Gasteiger partial charge in [0.2, 0.25) is 5.91 Å². The zero-order valence-corrected chi connectivity index (χ0v) is 12.7. The smallest absolute Gasteiger partial charge is 0.327 e. The van der Waals surface area contributed by atoms with Crippen molar-refractivity contribution in [2.24, 2.45) is 0 Å². The third kappa shape index (κ3) is 5.52. The lowest BCUT2D eigenvalue weighted by Crippen LogP contribution is -2.43. The van der Waals surface area contributed by atoms with E-state index in [9.17, 15) is 13.8 Å². The highest BCUT2D eigenvalue weighted by Gasteiger charge is 2.21. The van der Waals surface area contributed by atoms with E-state index in [0.717, 1.165) is 10.0 Å². The van der Waals surface area contributed by atoms with E-state index in [1.807, 2.05) is 24.3 Å². The topological polar surface area (TPSA) is 83.5 Å². The van der Waals surface area contributed by atoms with Crippen molar-refractivity contribution >= 4 is 38.6 Å². The molecule has 104 valence electrons. The van der Waals surface area contributed by atoms with E-state index in [0.29, 0.717) is 0 Å². The summed E-state index contributed by atoms with van der Waals surface area (Å²) in [6.07, 6.45) is 0. The Morgan fingerprint density at radius 2 is 2.05 bits per heavy atom. The van der Waals surface area contributed by atoms with Crippen LogP contribution in [0.5, 0.6) is 0 Å². The molecule has 0 bridgehead atoms. The van der Waals surface area contributed by atoms with Crippen LogP contribution in [0.25, 0.3) is 0 Å². The number of rotatable bonds is 6. The van der Waals surface area contributed by atoms with Crippen molar-refractivity contribution in [1.82, 2.24) is 5.32 Å². The Kier molecular flexibility index (Phi) is 6.17. The second-order valence-corrected chi connectivity index (χ2v) is 6.29. The van der Waals surface area contributed by atoms with Crippen molar-refractivity contribution in [2.75, 3.05) is 5.75 Å². The van der Waals surface area contributed by atoms with E-state index in [4.69, 9.17) is 5.11 Å². The number of hydrogen-bond acceptors (Lipinski definition) is 3. The second kappa shape index (κ2) is 7.40. The van der Waals surface area contributed by atoms with Gasteiger partial charge >= 0.3 is 5.97 Å². The molecular formula is C12H14BrNO4S. The van der Waals surface area contributed by atoms with Crippen LogP contribution in [-0.4, -0.2) is 33.0 Å². The lowest BCUT2D eigenvalue weighted by Gasteiger charge is -2.13. The Morgan fingerprint density at radius 3 is 2.58 bits per heavy atom. The molecule has 0 saturated carbocycles. The summed E-state index contributed by atoms with van der Waals surface area (Å²) in [6, 6.07) is 6.18. The first-order chi connectivity index (χ1) is 8.90. The third-order valence-electron chi connectivity index (χ3n) is 2.30. The van der Waals surface area contributed by atoms with Gasteiger partial charge in [0.1, 0.15) is 6.04 Å². The predicted octanol–water partition coefficient (Wildman–Crippen LogP) is 1.29. The second-order valence-electron chi connectivity index (χ2n) is 3.93. The standard InChI is InChI=1S/C12H14BrNO4S/c1-8(15)14-11(12(16)17)7-19(18)6-9-4-2-3-5-10(9)13/h2-5,11H,6-7H2,1H3,(H,14,15)(H,16,17)/t11-,19?/m0/s1. The molecule has 0 fully saturated rings. The molecule has 2 atom stereocenters. The van der Waals surface area contributed by atoms with Crippen LogP contribution in [0.15, 0.2) is 28.7 Å². The number of halogens is 1. The molecular weight excluding hydrogens is 334 g/mol. The molecule has 2 N–H and O–H groups in total. The van der Waals surface area contributed by atoms with Crippen LogP contribution < -0.4 is 5.32 Å². The largest absolute Gasteiger partial charge is 0.480 e. The van der Waals surface area contributed by atoms with E-state index in [1.54, 1.807) is 0 Å². The van der Waals surface area contributed by atoms with Crippen LogP contribution in [0.2, 0.25) is 0 Å². The summed E-state index contributed by atoms with van der Waals surface area (Å²) in [4.78, 5) is 21.8. The van der Waals surface area contributed by atoms with E-state index >= 15 is 0 Å². The molecule has 0 saturated heterocycles. The number of carboxylic acids is 1. The van der Waals surface area contributed by atoms with Gasteiger partial charge in [0.25, 0.3) is 0 Å². The molecule has 1 aromatic rings. The number of benzene rings is 1. The van der Waals surface area contributed by atoms with Gasteiger partial charge in [-0.25, -0.2) is 4.79 Å². The molecule has 0 radical (unpaired) electrons. The Hall–Kier alpha value is -1.21. The molecule has 0 aromatic heterocycles. The van der Waals surface area contributed by atoms with E-state index in [1.165, 1.54) is 6.92 Å². The molecule has 0 aliphatic carbocycles. The molecule has 1 rings (SSSR count). The number of amides is 1. The van der Waals surface area contributed by atoms with Crippen molar-refractivity contribution in [1.29, 1.82) is 0 Å². The van der Waals surface area contributed by atoms with Crippen LogP contribution >= 0.6 is 15.9 Å². The molecule has 19 heavy (non-hydrogen) atoms. The van der Waals surface area contributed by atoms with Crippen LogP contribution in [0.4, 0.5) is 0 Å². The van der Waals surface area contributed by atoms with Gasteiger partial charge in [-0.15, -0.1) is 0 Å². The third-order valence-corrected chi connectivity index (χ3v) is 4.41. The Balaban J connectivity index is 2.65. The molecule has 1 aromatic carbocycles. The highest BCUT2D eigenvalue weighted by atomic mass is 79.9. The summed E-state index contributed by atoms with van der Waals surface area (Å²) in [5.74, 6) is -1.51. The molecule has 0 spiro atoms. The fourth-order valence-electron chi connectivity index (χ4n) is 1.45. The molecule has 0 aliphatic heterocycles. The molecule has 5 nitrogen and oxygen atoms in total. The fourth-order valence-corrected chi connectivity index (χ4v) is 3.38. The maximum atomic E-state index is 11.9. The summed E-state index contributed by atoms with van der Waals surface area (Å²) < 4.78 is 12.8. The van der Waals surface area contributed by atoms with Gasteiger partial charge in [0.05, 0.1) is 5.75 Å². The van der Waals surface area contributed by atoms with Crippen molar-refractivity contribution in [3.63, 3.8) is 0 Å².